The highest BCUT2D eigenvalue weighted by Gasteiger charge is 1.95. The second-order valence-corrected chi connectivity index (χ2v) is 4.58. The molecule has 2 aromatic carbocycles. The molecule has 0 fully saturated rings. The molecule has 0 saturated carbocycles. The summed E-state index contributed by atoms with van der Waals surface area (Å²) in [6.07, 6.45) is 0. The molecule has 0 aliphatic carbocycles. The number of nitrogen functional groups attached to an aromatic ring is 1. The van der Waals surface area contributed by atoms with Crippen molar-refractivity contribution in [3.05, 3.63) is 59.7 Å². The summed E-state index contributed by atoms with van der Waals surface area (Å²) >= 11 is 0. The minimum Gasteiger partial charge on any atom is -0.492 e. The van der Waals surface area contributed by atoms with Gasteiger partial charge in [0.25, 0.3) is 0 Å². The second-order valence-electron chi connectivity index (χ2n) is 4.58. The molecule has 19 heavy (non-hydrogen) atoms. The Morgan fingerprint density at radius 1 is 1.11 bits per heavy atom. The molecule has 3 heteroatoms. The van der Waals surface area contributed by atoms with Gasteiger partial charge in [-0.25, -0.2) is 0 Å². The Balaban J connectivity index is 1.66. The second kappa shape index (κ2) is 6.81. The van der Waals surface area contributed by atoms with Crippen LogP contribution >= 0.6 is 0 Å². The Bertz CT molecular complexity index is 508. The SMILES string of the molecule is Cc1ccc(CNCCOc2cccc(N)c2)cc1. The fourth-order valence-corrected chi connectivity index (χ4v) is 1.78. The number of hydrogen-bond acceptors (Lipinski definition) is 3. The number of nitrogens with one attached hydrogen (secondary N) is 1. The highest BCUT2D eigenvalue weighted by Crippen LogP contribution is 2.13. The molecule has 0 aromatic heterocycles. The number of hydrogen-bond donors (Lipinski definition) is 2. The molecule has 0 unspecified atom stereocenters. The Hall–Kier alpha value is -2.00. The predicted molar refractivity (Wildman–Crippen MR) is 79.2 cm³/mol. The van der Waals surface area contributed by atoms with E-state index in [1.54, 1.807) is 0 Å². The molecular formula is C16H20N2O. The van der Waals surface area contributed by atoms with E-state index >= 15 is 0 Å². The van der Waals surface area contributed by atoms with Gasteiger partial charge in [-0.3, -0.25) is 0 Å². The van der Waals surface area contributed by atoms with Crippen molar-refractivity contribution < 1.29 is 4.74 Å². The van der Waals surface area contributed by atoms with Gasteiger partial charge in [-0.2, -0.15) is 0 Å². The summed E-state index contributed by atoms with van der Waals surface area (Å²) in [5.41, 5.74) is 8.98. The molecule has 100 valence electrons. The van der Waals surface area contributed by atoms with Gasteiger partial charge in [-0.05, 0) is 24.6 Å². The summed E-state index contributed by atoms with van der Waals surface area (Å²) < 4.78 is 5.60. The summed E-state index contributed by atoms with van der Waals surface area (Å²) in [4.78, 5) is 0. The van der Waals surface area contributed by atoms with Crippen molar-refractivity contribution in [3.63, 3.8) is 0 Å². The van der Waals surface area contributed by atoms with Crippen molar-refractivity contribution >= 4 is 5.69 Å². The maximum absolute atomic E-state index is 5.68. The molecule has 0 radical (unpaired) electrons. The topological polar surface area (TPSA) is 47.3 Å². The first kappa shape index (κ1) is 13.4. The molecule has 0 aliphatic heterocycles. The number of anilines is 1. The normalized spacial score (nSPS) is 10.4. The van der Waals surface area contributed by atoms with Crippen LogP contribution in [-0.2, 0) is 6.54 Å². The van der Waals surface area contributed by atoms with Crippen molar-refractivity contribution in [3.8, 4) is 5.75 Å². The monoisotopic (exact) mass is 256 g/mol. The van der Waals surface area contributed by atoms with Gasteiger partial charge in [0.1, 0.15) is 12.4 Å². The standard InChI is InChI=1S/C16H20N2O/c1-13-5-7-14(8-6-13)12-18-9-10-19-16-4-2-3-15(17)11-16/h2-8,11,18H,9-10,12,17H2,1H3. The van der Waals surface area contributed by atoms with Gasteiger partial charge in [0.2, 0.25) is 0 Å². The van der Waals surface area contributed by atoms with Gasteiger partial charge in [0.05, 0.1) is 0 Å². The summed E-state index contributed by atoms with van der Waals surface area (Å²) in [6.45, 7) is 4.40. The Morgan fingerprint density at radius 3 is 2.63 bits per heavy atom. The van der Waals surface area contributed by atoms with Gasteiger partial charge in [-0.15, -0.1) is 0 Å². The molecule has 2 aromatic rings. The number of ether oxygens (including phenoxy) is 1. The third-order valence-corrected chi connectivity index (χ3v) is 2.86. The van der Waals surface area contributed by atoms with Crippen LogP contribution in [0.25, 0.3) is 0 Å². The molecule has 0 aliphatic rings. The minimum atomic E-state index is 0.634. The number of benzene rings is 2. The lowest BCUT2D eigenvalue weighted by Crippen LogP contribution is -2.20. The number of nitrogens with two attached hydrogens (primary N) is 1. The molecule has 0 saturated heterocycles. The average Bonchev–Trinajstić information content (AvgIpc) is 2.41. The Labute approximate surface area is 114 Å². The van der Waals surface area contributed by atoms with Gasteiger partial charge < -0.3 is 15.8 Å². The van der Waals surface area contributed by atoms with Crippen LogP contribution in [0.15, 0.2) is 48.5 Å². The maximum atomic E-state index is 5.68. The van der Waals surface area contributed by atoms with Crippen LogP contribution in [0.4, 0.5) is 5.69 Å². The fourth-order valence-electron chi connectivity index (χ4n) is 1.78. The van der Waals surface area contributed by atoms with Crippen molar-refractivity contribution in [2.45, 2.75) is 13.5 Å². The van der Waals surface area contributed by atoms with Crippen molar-refractivity contribution in [1.29, 1.82) is 0 Å². The zero-order chi connectivity index (χ0) is 13.5. The van der Waals surface area contributed by atoms with E-state index in [2.05, 4.69) is 36.5 Å². The van der Waals surface area contributed by atoms with Crippen molar-refractivity contribution in [2.75, 3.05) is 18.9 Å². The van der Waals surface area contributed by atoms with E-state index in [1.807, 2.05) is 24.3 Å². The predicted octanol–water partition coefficient (Wildman–Crippen LogP) is 2.75. The quantitative estimate of drug-likeness (QED) is 0.617. The molecule has 3 N–H and O–H groups in total. The van der Waals surface area contributed by atoms with Gasteiger partial charge in [0, 0.05) is 24.8 Å². The largest absolute Gasteiger partial charge is 0.492 e. The summed E-state index contributed by atoms with van der Waals surface area (Å²) in [5.74, 6) is 0.817. The molecule has 0 heterocycles. The highest BCUT2D eigenvalue weighted by molar-refractivity contribution is 5.43. The van der Waals surface area contributed by atoms with Crippen LogP contribution in [0.3, 0.4) is 0 Å². The van der Waals surface area contributed by atoms with Crippen molar-refractivity contribution in [1.82, 2.24) is 5.32 Å². The first-order valence-electron chi connectivity index (χ1n) is 6.48. The molecule has 3 nitrogen and oxygen atoms in total. The maximum Gasteiger partial charge on any atom is 0.121 e. The zero-order valence-corrected chi connectivity index (χ0v) is 11.2. The molecular weight excluding hydrogens is 236 g/mol. The molecule has 0 amide bonds. The summed E-state index contributed by atoms with van der Waals surface area (Å²) in [6, 6.07) is 16.0. The van der Waals surface area contributed by atoms with E-state index in [1.165, 1.54) is 11.1 Å². The molecule has 0 spiro atoms. The lowest BCUT2D eigenvalue weighted by molar-refractivity contribution is 0.314. The lowest BCUT2D eigenvalue weighted by Gasteiger charge is -2.08. The third kappa shape index (κ3) is 4.64. The molecule has 0 bridgehead atoms. The van der Waals surface area contributed by atoms with E-state index in [0.717, 1.165) is 24.5 Å². The fraction of sp³-hybridized carbons (Fsp3) is 0.250. The van der Waals surface area contributed by atoms with Crippen LogP contribution in [0.1, 0.15) is 11.1 Å². The van der Waals surface area contributed by atoms with Gasteiger partial charge >= 0.3 is 0 Å². The van der Waals surface area contributed by atoms with E-state index in [-0.39, 0.29) is 0 Å². The van der Waals surface area contributed by atoms with E-state index in [9.17, 15) is 0 Å². The van der Waals surface area contributed by atoms with Crippen LogP contribution in [0.2, 0.25) is 0 Å². The van der Waals surface area contributed by atoms with Crippen LogP contribution < -0.4 is 15.8 Å². The third-order valence-electron chi connectivity index (χ3n) is 2.86. The summed E-state index contributed by atoms with van der Waals surface area (Å²) in [5, 5.41) is 3.35. The van der Waals surface area contributed by atoms with Crippen LogP contribution in [-0.4, -0.2) is 13.2 Å². The van der Waals surface area contributed by atoms with E-state index in [0.29, 0.717) is 6.61 Å². The van der Waals surface area contributed by atoms with Crippen molar-refractivity contribution in [2.24, 2.45) is 0 Å². The Morgan fingerprint density at radius 2 is 1.89 bits per heavy atom. The first-order valence-corrected chi connectivity index (χ1v) is 6.48. The van der Waals surface area contributed by atoms with Crippen LogP contribution in [0.5, 0.6) is 5.75 Å². The zero-order valence-electron chi connectivity index (χ0n) is 11.2. The lowest BCUT2D eigenvalue weighted by atomic mass is 10.1. The highest BCUT2D eigenvalue weighted by atomic mass is 16.5. The molecule has 0 atom stereocenters. The number of aryl methyl sites for hydroxylation is 1. The minimum absolute atomic E-state index is 0.634. The van der Waals surface area contributed by atoms with Gasteiger partial charge in [-0.1, -0.05) is 35.9 Å². The summed E-state index contributed by atoms with van der Waals surface area (Å²) in [7, 11) is 0. The Kier molecular flexibility index (Phi) is 4.81. The number of rotatable bonds is 6. The van der Waals surface area contributed by atoms with E-state index < -0.39 is 0 Å². The van der Waals surface area contributed by atoms with Gasteiger partial charge in [0.15, 0.2) is 0 Å². The van der Waals surface area contributed by atoms with Crippen LogP contribution in [0, 0.1) is 6.92 Å². The first-order chi connectivity index (χ1) is 9.24. The molecule has 2 rings (SSSR count). The average molecular weight is 256 g/mol. The van der Waals surface area contributed by atoms with E-state index in [4.69, 9.17) is 10.5 Å². The smallest absolute Gasteiger partial charge is 0.121 e.